The van der Waals surface area contributed by atoms with Crippen molar-refractivity contribution >= 4 is 22.0 Å². The van der Waals surface area contributed by atoms with Crippen molar-refractivity contribution in [1.82, 2.24) is 0 Å². The molecular formula is C12H12BrN. The molecule has 0 N–H and O–H groups in total. The fourth-order valence-electron chi connectivity index (χ4n) is 0.946. The maximum atomic E-state index is 8.83. The Morgan fingerprint density at radius 3 is 2.57 bits per heavy atom. The lowest BCUT2D eigenvalue weighted by Crippen LogP contribution is -2.01. The van der Waals surface area contributed by atoms with Crippen LogP contribution in [-0.2, 0) is 0 Å². The molecule has 0 bridgehead atoms. The highest BCUT2D eigenvalue weighted by Gasteiger charge is 2.10. The molecule has 0 saturated carbocycles. The standard InChI is InChI=1S/C12H12BrN/c1-12(2,9-14)8-7-10-5-3-4-6-11(10)13/h3-8H,1-2H3/b8-7+. The van der Waals surface area contributed by atoms with Crippen LogP contribution in [0.1, 0.15) is 19.4 Å². The number of allylic oxidation sites excluding steroid dienone is 1. The van der Waals surface area contributed by atoms with E-state index in [0.717, 1.165) is 10.0 Å². The molecule has 0 heterocycles. The molecule has 1 rings (SSSR count). The smallest absolute Gasteiger partial charge is 0.0725 e. The molecule has 14 heavy (non-hydrogen) atoms. The van der Waals surface area contributed by atoms with Crippen LogP contribution in [0.15, 0.2) is 34.8 Å². The van der Waals surface area contributed by atoms with Gasteiger partial charge in [-0.15, -0.1) is 0 Å². The number of nitriles is 1. The number of hydrogen-bond acceptors (Lipinski definition) is 1. The van der Waals surface area contributed by atoms with Gasteiger partial charge in [-0.1, -0.05) is 46.3 Å². The SMILES string of the molecule is CC(C)(C#N)/C=C/c1ccccc1Br. The van der Waals surface area contributed by atoms with Gasteiger partial charge < -0.3 is 0 Å². The van der Waals surface area contributed by atoms with Crippen molar-refractivity contribution in [3.63, 3.8) is 0 Å². The molecular weight excluding hydrogens is 238 g/mol. The second-order valence-electron chi connectivity index (χ2n) is 3.69. The molecule has 0 aliphatic carbocycles. The summed E-state index contributed by atoms with van der Waals surface area (Å²) in [5, 5.41) is 8.83. The molecule has 0 atom stereocenters. The molecule has 2 heteroatoms. The number of nitrogens with zero attached hydrogens (tertiary/aromatic N) is 1. The molecule has 0 aliphatic rings. The van der Waals surface area contributed by atoms with Gasteiger partial charge in [0, 0.05) is 4.47 Å². The molecule has 1 aromatic rings. The Morgan fingerprint density at radius 1 is 1.36 bits per heavy atom. The van der Waals surface area contributed by atoms with E-state index in [1.165, 1.54) is 0 Å². The summed E-state index contributed by atoms with van der Waals surface area (Å²) in [5.41, 5.74) is 0.686. The zero-order chi connectivity index (χ0) is 10.6. The minimum atomic E-state index is -0.407. The van der Waals surface area contributed by atoms with Gasteiger partial charge in [0.15, 0.2) is 0 Å². The van der Waals surface area contributed by atoms with Crippen molar-refractivity contribution in [3.8, 4) is 6.07 Å². The van der Waals surface area contributed by atoms with Crippen LogP contribution in [0.4, 0.5) is 0 Å². The monoisotopic (exact) mass is 249 g/mol. The lowest BCUT2D eigenvalue weighted by molar-refractivity contribution is 0.647. The van der Waals surface area contributed by atoms with Crippen LogP contribution in [0, 0.1) is 16.7 Å². The van der Waals surface area contributed by atoms with Gasteiger partial charge in [0.1, 0.15) is 0 Å². The van der Waals surface area contributed by atoms with Crippen LogP contribution in [-0.4, -0.2) is 0 Å². The Kier molecular flexibility index (Phi) is 3.49. The summed E-state index contributed by atoms with van der Waals surface area (Å²) >= 11 is 3.45. The highest BCUT2D eigenvalue weighted by atomic mass is 79.9. The highest BCUT2D eigenvalue weighted by Crippen LogP contribution is 2.21. The van der Waals surface area contributed by atoms with E-state index < -0.39 is 5.41 Å². The second-order valence-corrected chi connectivity index (χ2v) is 4.54. The van der Waals surface area contributed by atoms with Crippen LogP contribution in [0.5, 0.6) is 0 Å². The van der Waals surface area contributed by atoms with E-state index >= 15 is 0 Å². The Balaban J connectivity index is 2.91. The van der Waals surface area contributed by atoms with Gasteiger partial charge >= 0.3 is 0 Å². The average molecular weight is 250 g/mol. The van der Waals surface area contributed by atoms with Crippen molar-refractivity contribution in [2.75, 3.05) is 0 Å². The van der Waals surface area contributed by atoms with Crippen LogP contribution in [0.3, 0.4) is 0 Å². The predicted octanol–water partition coefficient (Wildman–Crippen LogP) is 4.01. The average Bonchev–Trinajstić information content (AvgIpc) is 2.17. The normalized spacial score (nSPS) is 11.6. The van der Waals surface area contributed by atoms with Gasteiger partial charge in [0.25, 0.3) is 0 Å². The van der Waals surface area contributed by atoms with E-state index in [-0.39, 0.29) is 0 Å². The van der Waals surface area contributed by atoms with Gasteiger partial charge in [0.05, 0.1) is 11.5 Å². The summed E-state index contributed by atoms with van der Waals surface area (Å²) in [6.45, 7) is 3.78. The fourth-order valence-corrected chi connectivity index (χ4v) is 1.36. The lowest BCUT2D eigenvalue weighted by atomic mass is 9.94. The third-order valence-corrected chi connectivity index (χ3v) is 2.60. The number of rotatable bonds is 2. The first-order valence-corrected chi connectivity index (χ1v) is 5.19. The quantitative estimate of drug-likeness (QED) is 0.777. The Morgan fingerprint density at radius 2 is 2.00 bits per heavy atom. The van der Waals surface area contributed by atoms with Crippen molar-refractivity contribution in [3.05, 3.63) is 40.4 Å². The van der Waals surface area contributed by atoms with Gasteiger partial charge in [-0.2, -0.15) is 5.26 Å². The lowest BCUT2D eigenvalue weighted by Gasteiger charge is -2.07. The predicted molar refractivity (Wildman–Crippen MR) is 62.6 cm³/mol. The summed E-state index contributed by atoms with van der Waals surface area (Å²) < 4.78 is 1.05. The van der Waals surface area contributed by atoms with Crippen LogP contribution in [0.25, 0.3) is 6.08 Å². The van der Waals surface area contributed by atoms with E-state index in [9.17, 15) is 0 Å². The van der Waals surface area contributed by atoms with Crippen molar-refractivity contribution in [2.24, 2.45) is 5.41 Å². The fraction of sp³-hybridized carbons (Fsp3) is 0.250. The summed E-state index contributed by atoms with van der Waals surface area (Å²) in [4.78, 5) is 0. The molecule has 1 aromatic carbocycles. The first-order valence-electron chi connectivity index (χ1n) is 4.40. The Labute approximate surface area is 93.2 Å². The maximum absolute atomic E-state index is 8.83. The summed E-state index contributed by atoms with van der Waals surface area (Å²) in [7, 11) is 0. The zero-order valence-corrected chi connectivity index (χ0v) is 9.88. The molecule has 0 spiro atoms. The van der Waals surface area contributed by atoms with Gasteiger partial charge in [0.2, 0.25) is 0 Å². The number of halogens is 1. The van der Waals surface area contributed by atoms with E-state index in [0.29, 0.717) is 0 Å². The van der Waals surface area contributed by atoms with Gasteiger partial charge in [-0.05, 0) is 25.5 Å². The van der Waals surface area contributed by atoms with E-state index in [4.69, 9.17) is 5.26 Å². The third kappa shape index (κ3) is 3.01. The first-order chi connectivity index (χ1) is 6.55. The first kappa shape index (κ1) is 11.0. The summed E-state index contributed by atoms with van der Waals surface area (Å²) in [6, 6.07) is 10.2. The van der Waals surface area contributed by atoms with Crippen molar-refractivity contribution < 1.29 is 0 Å². The summed E-state index contributed by atoms with van der Waals surface area (Å²) in [5.74, 6) is 0. The van der Waals surface area contributed by atoms with Crippen LogP contribution < -0.4 is 0 Å². The number of hydrogen-bond donors (Lipinski definition) is 0. The van der Waals surface area contributed by atoms with Crippen molar-refractivity contribution in [1.29, 1.82) is 5.26 Å². The summed E-state index contributed by atoms with van der Waals surface area (Å²) in [6.07, 6.45) is 3.88. The van der Waals surface area contributed by atoms with E-state index in [1.807, 2.05) is 50.3 Å². The topological polar surface area (TPSA) is 23.8 Å². The Bertz CT molecular complexity index is 386. The maximum Gasteiger partial charge on any atom is 0.0725 e. The molecule has 1 nitrogen and oxygen atoms in total. The molecule has 72 valence electrons. The number of benzene rings is 1. The van der Waals surface area contributed by atoms with Crippen molar-refractivity contribution in [2.45, 2.75) is 13.8 Å². The zero-order valence-electron chi connectivity index (χ0n) is 8.29. The van der Waals surface area contributed by atoms with Crippen LogP contribution >= 0.6 is 15.9 Å². The molecule has 0 amide bonds. The molecule has 0 radical (unpaired) electrons. The molecule has 0 unspecified atom stereocenters. The third-order valence-electron chi connectivity index (χ3n) is 1.87. The van der Waals surface area contributed by atoms with E-state index in [1.54, 1.807) is 0 Å². The highest BCUT2D eigenvalue weighted by molar-refractivity contribution is 9.10. The molecule has 0 saturated heterocycles. The molecule has 0 fully saturated rings. The minimum absolute atomic E-state index is 0.407. The minimum Gasteiger partial charge on any atom is -0.197 e. The van der Waals surface area contributed by atoms with Gasteiger partial charge in [-0.3, -0.25) is 0 Å². The van der Waals surface area contributed by atoms with Crippen LogP contribution in [0.2, 0.25) is 0 Å². The largest absolute Gasteiger partial charge is 0.197 e. The van der Waals surface area contributed by atoms with Gasteiger partial charge in [-0.25, -0.2) is 0 Å². The van der Waals surface area contributed by atoms with E-state index in [2.05, 4.69) is 22.0 Å². The molecule has 0 aliphatic heterocycles. The second kappa shape index (κ2) is 4.43. The Hall–Kier alpha value is -1.07. The molecule has 0 aromatic heterocycles.